The van der Waals surface area contributed by atoms with Crippen molar-refractivity contribution >= 4 is 5.91 Å². The van der Waals surface area contributed by atoms with Crippen LogP contribution in [0.3, 0.4) is 0 Å². The molecular weight excluding hydrogens is 392 g/mol. The Balaban J connectivity index is 3.71. The van der Waals surface area contributed by atoms with Gasteiger partial charge in [-0.3, -0.25) is 4.79 Å². The second kappa shape index (κ2) is 20.8. The van der Waals surface area contributed by atoms with Crippen LogP contribution in [0, 0.1) is 5.41 Å². The van der Waals surface area contributed by atoms with E-state index in [0.29, 0.717) is 13.0 Å². The third-order valence-corrected chi connectivity index (χ3v) is 4.64. The standard InChI is InChI=1S/C29H48N2O/c1-6-7-8-9-10-11-12-13-14-15-16-17-18-19-20-21-22-23-24-25-28(32)30-26-29(2,3)27-31(4)5/h7-8,10-11,13-14,16-17,19-20,22-23H,6,9,12,15,18,21,24-27H2,1-5H3,(H,30,32)/b8-7-,11-10-,14-13-,17-16-,20-19-,23-22-. The minimum absolute atomic E-state index is 0.0907. The molecule has 0 rings (SSSR count). The van der Waals surface area contributed by atoms with Gasteiger partial charge in [0, 0.05) is 19.5 Å². The highest BCUT2D eigenvalue weighted by Crippen LogP contribution is 2.14. The summed E-state index contributed by atoms with van der Waals surface area (Å²) in [6.07, 6.45) is 33.7. The van der Waals surface area contributed by atoms with Gasteiger partial charge in [-0.25, -0.2) is 0 Å². The average molecular weight is 441 g/mol. The normalized spacial score (nSPS) is 13.4. The molecule has 0 aromatic rings. The van der Waals surface area contributed by atoms with E-state index in [1.54, 1.807) is 0 Å². The predicted octanol–water partition coefficient (Wildman–Crippen LogP) is 7.17. The first-order chi connectivity index (χ1) is 15.4. The molecule has 0 saturated heterocycles. The molecule has 0 bridgehead atoms. The van der Waals surface area contributed by atoms with Crippen LogP contribution in [0.25, 0.3) is 0 Å². The molecule has 0 unspecified atom stereocenters. The van der Waals surface area contributed by atoms with Crippen LogP contribution in [0.4, 0.5) is 0 Å². The molecule has 1 N–H and O–H groups in total. The molecule has 0 spiro atoms. The lowest BCUT2D eigenvalue weighted by atomic mass is 9.93. The van der Waals surface area contributed by atoms with Crippen LogP contribution in [0.1, 0.15) is 72.1 Å². The molecule has 3 nitrogen and oxygen atoms in total. The number of allylic oxidation sites excluding steroid dienone is 12. The van der Waals surface area contributed by atoms with Crippen LogP contribution in [0.15, 0.2) is 72.9 Å². The van der Waals surface area contributed by atoms with E-state index in [4.69, 9.17) is 0 Å². The van der Waals surface area contributed by atoms with Gasteiger partial charge in [0.05, 0.1) is 0 Å². The second-order valence-corrected chi connectivity index (χ2v) is 9.13. The van der Waals surface area contributed by atoms with E-state index in [9.17, 15) is 4.79 Å². The fourth-order valence-electron chi connectivity index (χ4n) is 3.19. The summed E-state index contributed by atoms with van der Waals surface area (Å²) in [6, 6.07) is 0. The average Bonchev–Trinajstić information content (AvgIpc) is 2.73. The van der Waals surface area contributed by atoms with Gasteiger partial charge in [0.15, 0.2) is 0 Å². The maximum Gasteiger partial charge on any atom is 0.220 e. The zero-order valence-electron chi connectivity index (χ0n) is 21.4. The van der Waals surface area contributed by atoms with Crippen LogP contribution in [0.5, 0.6) is 0 Å². The number of hydrogen-bond donors (Lipinski definition) is 1. The van der Waals surface area contributed by atoms with Crippen molar-refractivity contribution in [1.29, 1.82) is 0 Å². The highest BCUT2D eigenvalue weighted by atomic mass is 16.1. The van der Waals surface area contributed by atoms with E-state index in [2.05, 4.69) is 118 Å². The maximum absolute atomic E-state index is 12.0. The summed E-state index contributed by atoms with van der Waals surface area (Å²) in [6.45, 7) is 8.19. The van der Waals surface area contributed by atoms with Crippen LogP contribution < -0.4 is 5.32 Å². The molecule has 0 aliphatic carbocycles. The van der Waals surface area contributed by atoms with Gasteiger partial charge in [0.2, 0.25) is 5.91 Å². The van der Waals surface area contributed by atoms with Crippen molar-refractivity contribution < 1.29 is 4.79 Å². The third kappa shape index (κ3) is 22.6. The van der Waals surface area contributed by atoms with Crippen molar-refractivity contribution in [3.05, 3.63) is 72.9 Å². The lowest BCUT2D eigenvalue weighted by Gasteiger charge is -2.28. The SMILES string of the molecule is CC/C=C\C/C=C\C/C=C\C/C=C\C/C=C\C/C=C\CCC(=O)NCC(C)(C)CN(C)C. The van der Waals surface area contributed by atoms with Crippen molar-refractivity contribution in [2.75, 3.05) is 27.2 Å². The zero-order chi connectivity index (χ0) is 23.9. The number of hydrogen-bond acceptors (Lipinski definition) is 2. The van der Waals surface area contributed by atoms with E-state index in [1.165, 1.54) is 0 Å². The Labute approximate surface area is 198 Å². The van der Waals surface area contributed by atoms with E-state index in [-0.39, 0.29) is 11.3 Å². The highest BCUT2D eigenvalue weighted by molar-refractivity contribution is 5.76. The molecule has 3 heteroatoms. The topological polar surface area (TPSA) is 32.3 Å². The number of carbonyl (C=O) groups is 1. The van der Waals surface area contributed by atoms with Gasteiger partial charge in [-0.2, -0.15) is 0 Å². The zero-order valence-corrected chi connectivity index (χ0v) is 21.4. The van der Waals surface area contributed by atoms with Gasteiger partial charge in [-0.1, -0.05) is 93.7 Å². The highest BCUT2D eigenvalue weighted by Gasteiger charge is 2.19. The van der Waals surface area contributed by atoms with E-state index in [0.717, 1.165) is 51.5 Å². The van der Waals surface area contributed by atoms with Crippen molar-refractivity contribution in [1.82, 2.24) is 10.2 Å². The molecule has 0 atom stereocenters. The molecule has 0 radical (unpaired) electrons. The summed E-state index contributed by atoms with van der Waals surface area (Å²) < 4.78 is 0. The number of carbonyl (C=O) groups excluding carboxylic acids is 1. The molecule has 32 heavy (non-hydrogen) atoms. The minimum atomic E-state index is 0.0907. The Morgan fingerprint density at radius 3 is 1.53 bits per heavy atom. The molecule has 0 aliphatic rings. The molecule has 180 valence electrons. The van der Waals surface area contributed by atoms with Crippen molar-refractivity contribution in [2.24, 2.45) is 5.41 Å². The minimum Gasteiger partial charge on any atom is -0.356 e. The molecule has 1 amide bonds. The van der Waals surface area contributed by atoms with Gasteiger partial charge in [-0.05, 0) is 64.5 Å². The van der Waals surface area contributed by atoms with Crippen LogP contribution in [0.2, 0.25) is 0 Å². The van der Waals surface area contributed by atoms with Gasteiger partial charge in [-0.15, -0.1) is 0 Å². The maximum atomic E-state index is 12.0. The fraction of sp³-hybridized carbons (Fsp3) is 0.552. The Kier molecular flexibility index (Phi) is 19.4. The number of nitrogens with one attached hydrogen (secondary N) is 1. The summed E-state index contributed by atoms with van der Waals surface area (Å²) in [7, 11) is 4.12. The lowest BCUT2D eigenvalue weighted by molar-refractivity contribution is -0.121. The molecule has 0 fully saturated rings. The fourth-order valence-corrected chi connectivity index (χ4v) is 3.19. The van der Waals surface area contributed by atoms with E-state index < -0.39 is 0 Å². The van der Waals surface area contributed by atoms with E-state index in [1.807, 2.05) is 0 Å². The van der Waals surface area contributed by atoms with Crippen molar-refractivity contribution in [2.45, 2.75) is 72.1 Å². The Morgan fingerprint density at radius 1 is 0.719 bits per heavy atom. The first-order valence-corrected chi connectivity index (χ1v) is 12.2. The van der Waals surface area contributed by atoms with Gasteiger partial charge in [0.25, 0.3) is 0 Å². The number of rotatable bonds is 18. The van der Waals surface area contributed by atoms with E-state index >= 15 is 0 Å². The Morgan fingerprint density at radius 2 is 1.12 bits per heavy atom. The summed E-state index contributed by atoms with van der Waals surface area (Å²) >= 11 is 0. The quantitative estimate of drug-likeness (QED) is 0.229. The largest absolute Gasteiger partial charge is 0.356 e. The summed E-state index contributed by atoms with van der Waals surface area (Å²) in [4.78, 5) is 14.1. The first-order valence-electron chi connectivity index (χ1n) is 12.2. The number of nitrogens with zero attached hydrogens (tertiary/aromatic N) is 1. The second-order valence-electron chi connectivity index (χ2n) is 9.13. The molecule has 0 aromatic heterocycles. The van der Waals surface area contributed by atoms with Gasteiger partial charge in [0.1, 0.15) is 0 Å². The van der Waals surface area contributed by atoms with Crippen LogP contribution >= 0.6 is 0 Å². The Hall–Kier alpha value is -2.13. The lowest BCUT2D eigenvalue weighted by Crippen LogP contribution is -2.39. The van der Waals surface area contributed by atoms with Crippen LogP contribution in [-0.2, 0) is 4.79 Å². The monoisotopic (exact) mass is 440 g/mol. The summed E-state index contributed by atoms with van der Waals surface area (Å²) in [5.41, 5.74) is 0.0907. The summed E-state index contributed by atoms with van der Waals surface area (Å²) in [5.74, 6) is 0.136. The van der Waals surface area contributed by atoms with Gasteiger partial charge >= 0.3 is 0 Å². The number of amides is 1. The molecule has 0 aromatic carbocycles. The van der Waals surface area contributed by atoms with Crippen LogP contribution in [-0.4, -0.2) is 38.0 Å². The smallest absolute Gasteiger partial charge is 0.220 e. The molecule has 0 aliphatic heterocycles. The molecule has 0 saturated carbocycles. The summed E-state index contributed by atoms with van der Waals surface area (Å²) in [5, 5.41) is 3.06. The first kappa shape index (κ1) is 29.9. The van der Waals surface area contributed by atoms with Crippen molar-refractivity contribution in [3.63, 3.8) is 0 Å². The predicted molar refractivity (Wildman–Crippen MR) is 143 cm³/mol. The van der Waals surface area contributed by atoms with Gasteiger partial charge < -0.3 is 10.2 Å². The van der Waals surface area contributed by atoms with Crippen molar-refractivity contribution in [3.8, 4) is 0 Å². The third-order valence-electron chi connectivity index (χ3n) is 4.64. The Bertz CT molecular complexity index is 634. The molecular formula is C29H48N2O. The molecule has 0 heterocycles.